The number of likely N-dealkylation sites (tertiary alicyclic amines) is 1. The quantitative estimate of drug-likeness (QED) is 0.485. The molecule has 0 atom stereocenters. The van der Waals surface area contributed by atoms with Gasteiger partial charge in [0.05, 0.1) is 11.4 Å². The maximum Gasteiger partial charge on any atom is 0.253 e. The van der Waals surface area contributed by atoms with E-state index in [1.54, 1.807) is 15.9 Å². The molecule has 0 unspecified atom stereocenters. The number of amides is 1. The highest BCUT2D eigenvalue weighted by atomic mass is 32.1. The molecule has 184 valence electrons. The Morgan fingerprint density at radius 3 is 2.54 bits per heavy atom. The van der Waals surface area contributed by atoms with Gasteiger partial charge in [0, 0.05) is 37.8 Å². The Balaban J connectivity index is 1.43. The van der Waals surface area contributed by atoms with E-state index in [0.717, 1.165) is 50.3 Å². The zero-order valence-electron chi connectivity index (χ0n) is 20.4. The molecule has 1 aliphatic rings. The van der Waals surface area contributed by atoms with Crippen LogP contribution in [0.15, 0.2) is 61.2 Å². The first-order chi connectivity index (χ1) is 17.0. The minimum atomic E-state index is 0.0285. The summed E-state index contributed by atoms with van der Waals surface area (Å²) in [5.41, 5.74) is 9.48. The summed E-state index contributed by atoms with van der Waals surface area (Å²) in [7, 11) is 2.19. The largest absolute Gasteiger partial charge is 0.376 e. The topological polar surface area (TPSA) is 83.5 Å². The molecule has 8 nitrogen and oxygen atoms in total. The number of thiocarbonyl (C=S) groups is 1. The third-order valence-corrected chi connectivity index (χ3v) is 6.95. The second-order valence-electron chi connectivity index (χ2n) is 8.87. The fraction of sp³-hybridized carbons (Fsp3) is 0.385. The van der Waals surface area contributed by atoms with Crippen LogP contribution in [0, 0.1) is 0 Å². The van der Waals surface area contributed by atoms with Gasteiger partial charge in [-0.3, -0.25) is 4.79 Å². The highest BCUT2D eigenvalue weighted by molar-refractivity contribution is 7.80. The summed E-state index contributed by atoms with van der Waals surface area (Å²) in [6.45, 7) is 5.05. The summed E-state index contributed by atoms with van der Waals surface area (Å²) in [5.74, 6) is 0.0285. The smallest absolute Gasteiger partial charge is 0.253 e. The number of rotatable bonds is 8. The third-order valence-electron chi connectivity index (χ3n) is 6.73. The van der Waals surface area contributed by atoms with Crippen LogP contribution in [-0.2, 0) is 6.42 Å². The van der Waals surface area contributed by atoms with Crippen LogP contribution in [0.5, 0.6) is 0 Å². The molecular formula is C26H33N7OS. The molecule has 1 saturated heterocycles. The van der Waals surface area contributed by atoms with Crippen molar-refractivity contribution in [2.75, 3.05) is 38.1 Å². The highest BCUT2D eigenvalue weighted by Crippen LogP contribution is 2.27. The van der Waals surface area contributed by atoms with E-state index < -0.39 is 0 Å². The molecule has 0 saturated carbocycles. The van der Waals surface area contributed by atoms with Crippen molar-refractivity contribution in [1.29, 1.82) is 0 Å². The van der Waals surface area contributed by atoms with Gasteiger partial charge in [-0.15, -0.1) is 0 Å². The number of hydrogen-bond acceptors (Lipinski definition) is 5. The second kappa shape index (κ2) is 11.4. The molecule has 0 aliphatic carbocycles. The maximum absolute atomic E-state index is 13.4. The third kappa shape index (κ3) is 5.86. The molecule has 3 aromatic rings. The SMILES string of the molecule is CCN(C(N)=S)c1cc(C(=O)N2CCC(N(C)CCc3ccccc3)CC2)ccc1-n1cncn1. The van der Waals surface area contributed by atoms with E-state index in [1.165, 1.54) is 11.9 Å². The fourth-order valence-electron chi connectivity index (χ4n) is 4.67. The first kappa shape index (κ1) is 24.8. The van der Waals surface area contributed by atoms with E-state index in [0.29, 0.717) is 18.2 Å². The Hall–Kier alpha value is -3.30. The molecule has 1 aromatic heterocycles. The Morgan fingerprint density at radius 2 is 1.91 bits per heavy atom. The van der Waals surface area contributed by atoms with Crippen molar-refractivity contribution in [3.63, 3.8) is 0 Å². The number of aromatic nitrogens is 3. The summed E-state index contributed by atoms with van der Waals surface area (Å²) >= 11 is 5.27. The molecule has 2 N–H and O–H groups in total. The van der Waals surface area contributed by atoms with Crippen molar-refractivity contribution >= 4 is 28.9 Å². The van der Waals surface area contributed by atoms with Crippen LogP contribution in [0.25, 0.3) is 5.69 Å². The normalized spacial score (nSPS) is 14.3. The molecule has 0 spiro atoms. The van der Waals surface area contributed by atoms with Crippen LogP contribution in [0.4, 0.5) is 5.69 Å². The molecule has 2 heterocycles. The molecule has 4 rings (SSSR count). The Labute approximate surface area is 212 Å². The van der Waals surface area contributed by atoms with E-state index >= 15 is 0 Å². The predicted octanol–water partition coefficient (Wildman–Crippen LogP) is 3.12. The van der Waals surface area contributed by atoms with Crippen LogP contribution >= 0.6 is 12.2 Å². The van der Waals surface area contributed by atoms with Crippen molar-refractivity contribution in [1.82, 2.24) is 24.6 Å². The molecule has 2 aromatic carbocycles. The monoisotopic (exact) mass is 491 g/mol. The fourth-order valence-corrected chi connectivity index (χ4v) is 4.90. The summed E-state index contributed by atoms with van der Waals surface area (Å²) in [6.07, 6.45) is 6.06. The van der Waals surface area contributed by atoms with Gasteiger partial charge in [0.2, 0.25) is 0 Å². The molecule has 1 fully saturated rings. The molecule has 9 heteroatoms. The lowest BCUT2D eigenvalue weighted by atomic mass is 10.0. The summed E-state index contributed by atoms with van der Waals surface area (Å²) in [6, 6.07) is 16.6. The van der Waals surface area contributed by atoms with Crippen molar-refractivity contribution in [2.24, 2.45) is 5.73 Å². The number of carbonyl (C=O) groups excluding carboxylic acids is 1. The van der Waals surface area contributed by atoms with E-state index in [4.69, 9.17) is 18.0 Å². The van der Waals surface area contributed by atoms with Gasteiger partial charge >= 0.3 is 0 Å². The van der Waals surface area contributed by atoms with Gasteiger partial charge in [-0.05, 0) is 69.2 Å². The molecule has 1 aliphatic heterocycles. The van der Waals surface area contributed by atoms with Gasteiger partial charge in [0.25, 0.3) is 5.91 Å². The number of piperidine rings is 1. The number of carbonyl (C=O) groups is 1. The molecule has 0 bridgehead atoms. The summed E-state index contributed by atoms with van der Waals surface area (Å²) < 4.78 is 1.65. The number of likely N-dealkylation sites (N-methyl/N-ethyl adjacent to an activating group) is 1. The Morgan fingerprint density at radius 1 is 1.17 bits per heavy atom. The summed E-state index contributed by atoms with van der Waals surface area (Å²) in [4.78, 5) is 23.6. The minimum absolute atomic E-state index is 0.0285. The van der Waals surface area contributed by atoms with Crippen LogP contribution < -0.4 is 10.6 Å². The number of nitrogens with zero attached hydrogens (tertiary/aromatic N) is 6. The van der Waals surface area contributed by atoms with Crippen LogP contribution in [0.1, 0.15) is 35.7 Å². The molecule has 0 radical (unpaired) electrons. The standard InChI is InChI=1S/C26H33N7OS/c1-3-32(26(27)35)24-17-21(9-10-23(24)33-19-28-18-29-33)25(34)31-15-12-22(13-16-31)30(2)14-11-20-7-5-4-6-8-20/h4-10,17-19,22H,3,11-16H2,1-2H3,(H2,27,35). The van der Waals surface area contributed by atoms with Gasteiger partial charge in [0.15, 0.2) is 5.11 Å². The van der Waals surface area contributed by atoms with E-state index in [9.17, 15) is 4.79 Å². The lowest BCUT2D eigenvalue weighted by Crippen LogP contribution is -2.46. The second-order valence-corrected chi connectivity index (χ2v) is 9.28. The predicted molar refractivity (Wildman–Crippen MR) is 143 cm³/mol. The minimum Gasteiger partial charge on any atom is -0.376 e. The van der Waals surface area contributed by atoms with Gasteiger partial charge in [0.1, 0.15) is 12.7 Å². The highest BCUT2D eigenvalue weighted by Gasteiger charge is 2.27. The van der Waals surface area contributed by atoms with Gasteiger partial charge in [-0.1, -0.05) is 30.3 Å². The zero-order valence-corrected chi connectivity index (χ0v) is 21.2. The van der Waals surface area contributed by atoms with Crippen molar-refractivity contribution < 1.29 is 4.79 Å². The van der Waals surface area contributed by atoms with E-state index in [1.807, 2.05) is 30.0 Å². The molecule has 35 heavy (non-hydrogen) atoms. The Kier molecular flexibility index (Phi) is 8.09. The Bertz CT molecular complexity index is 1130. The maximum atomic E-state index is 13.4. The number of anilines is 1. The van der Waals surface area contributed by atoms with Crippen molar-refractivity contribution in [3.05, 3.63) is 72.3 Å². The average molecular weight is 492 g/mol. The van der Waals surface area contributed by atoms with Crippen molar-refractivity contribution in [3.8, 4) is 5.69 Å². The number of benzene rings is 2. The molecular weight excluding hydrogens is 458 g/mol. The first-order valence-corrected chi connectivity index (χ1v) is 12.5. The van der Waals surface area contributed by atoms with E-state index in [-0.39, 0.29) is 11.0 Å². The molecule has 1 amide bonds. The number of nitrogens with two attached hydrogens (primary N) is 1. The van der Waals surface area contributed by atoms with E-state index in [2.05, 4.69) is 52.4 Å². The van der Waals surface area contributed by atoms with Crippen LogP contribution in [0.3, 0.4) is 0 Å². The zero-order chi connectivity index (χ0) is 24.8. The number of hydrogen-bond donors (Lipinski definition) is 1. The van der Waals surface area contributed by atoms with Gasteiger partial charge in [-0.2, -0.15) is 5.10 Å². The van der Waals surface area contributed by atoms with Crippen LogP contribution in [0.2, 0.25) is 0 Å². The van der Waals surface area contributed by atoms with Gasteiger partial charge in [-0.25, -0.2) is 9.67 Å². The van der Waals surface area contributed by atoms with Gasteiger partial charge < -0.3 is 20.4 Å². The summed E-state index contributed by atoms with van der Waals surface area (Å²) in [5, 5.41) is 4.49. The first-order valence-electron chi connectivity index (χ1n) is 12.1. The average Bonchev–Trinajstić information content (AvgIpc) is 3.42. The lowest BCUT2D eigenvalue weighted by molar-refractivity contribution is 0.0647. The lowest BCUT2D eigenvalue weighted by Gasteiger charge is -2.37. The van der Waals surface area contributed by atoms with Crippen molar-refractivity contribution in [2.45, 2.75) is 32.2 Å². The van der Waals surface area contributed by atoms with Crippen LogP contribution in [-0.4, -0.2) is 74.9 Å².